The quantitative estimate of drug-likeness (QED) is 0.279. The third-order valence-electron chi connectivity index (χ3n) is 3.11. The number of aromatic nitrogens is 1. The van der Waals surface area contributed by atoms with Crippen molar-refractivity contribution in [1.29, 1.82) is 0 Å². The summed E-state index contributed by atoms with van der Waals surface area (Å²) in [5, 5.41) is 7.22. The number of nitrogens with one attached hydrogen (secondary N) is 2. The van der Waals surface area contributed by atoms with Gasteiger partial charge in [0.2, 0.25) is 0 Å². The van der Waals surface area contributed by atoms with Crippen molar-refractivity contribution in [2.24, 2.45) is 4.99 Å². The minimum atomic E-state index is -4.07. The van der Waals surface area contributed by atoms with Crippen molar-refractivity contribution in [2.45, 2.75) is 45.7 Å². The fourth-order valence-electron chi connectivity index (χ4n) is 1.81. The number of thiazole rings is 1. The minimum Gasteiger partial charge on any atom is -0.356 e. The van der Waals surface area contributed by atoms with E-state index >= 15 is 0 Å². The lowest BCUT2D eigenvalue weighted by Gasteiger charge is -2.11. The van der Waals surface area contributed by atoms with Gasteiger partial charge in [0.25, 0.3) is 0 Å². The van der Waals surface area contributed by atoms with Crippen molar-refractivity contribution in [1.82, 2.24) is 15.6 Å². The lowest BCUT2D eigenvalue weighted by molar-refractivity contribution is -0.135. The molecule has 0 saturated carbocycles. The van der Waals surface area contributed by atoms with Crippen molar-refractivity contribution in [2.75, 3.05) is 20.1 Å². The van der Waals surface area contributed by atoms with E-state index in [-0.39, 0.29) is 30.4 Å². The van der Waals surface area contributed by atoms with Gasteiger partial charge in [0, 0.05) is 37.9 Å². The van der Waals surface area contributed by atoms with Crippen LogP contribution < -0.4 is 10.6 Å². The molecule has 9 heteroatoms. The summed E-state index contributed by atoms with van der Waals surface area (Å²) in [6.07, 6.45) is -3.41. The van der Waals surface area contributed by atoms with Crippen molar-refractivity contribution >= 4 is 41.3 Å². The zero-order valence-electron chi connectivity index (χ0n) is 13.6. The predicted octanol–water partition coefficient (Wildman–Crippen LogP) is 3.82. The highest BCUT2D eigenvalue weighted by molar-refractivity contribution is 14.0. The largest absolute Gasteiger partial charge is 0.389 e. The van der Waals surface area contributed by atoms with Crippen LogP contribution in [0, 0.1) is 13.8 Å². The maximum Gasteiger partial charge on any atom is 0.389 e. The molecule has 0 atom stereocenters. The molecule has 0 aliphatic heterocycles. The minimum absolute atomic E-state index is 0. The van der Waals surface area contributed by atoms with Crippen LogP contribution in [0.5, 0.6) is 0 Å². The molecule has 0 amide bonds. The Bertz CT molecular complexity index is 469. The fraction of sp³-hybridized carbons (Fsp3) is 0.714. The molecule has 0 radical (unpaired) electrons. The SMILES string of the molecule is CN=C(NCCCCC(F)(F)F)NCCc1nc(C)c(C)s1.I. The molecule has 4 nitrogen and oxygen atoms in total. The molecule has 2 N–H and O–H groups in total. The highest BCUT2D eigenvalue weighted by Crippen LogP contribution is 2.21. The smallest absolute Gasteiger partial charge is 0.356 e. The lowest BCUT2D eigenvalue weighted by Crippen LogP contribution is -2.38. The molecule has 0 spiro atoms. The number of guanidine groups is 1. The number of halogens is 4. The number of unbranched alkanes of at least 4 members (excludes halogenated alkanes) is 1. The molecule has 1 aromatic heterocycles. The summed E-state index contributed by atoms with van der Waals surface area (Å²) in [6.45, 7) is 5.20. The molecule has 0 bridgehead atoms. The molecule has 0 saturated heterocycles. The molecule has 134 valence electrons. The van der Waals surface area contributed by atoms with E-state index in [1.54, 1.807) is 18.4 Å². The Kier molecular flexibility index (Phi) is 10.8. The Labute approximate surface area is 156 Å². The van der Waals surface area contributed by atoms with Gasteiger partial charge in [-0.15, -0.1) is 35.3 Å². The van der Waals surface area contributed by atoms with Gasteiger partial charge >= 0.3 is 6.18 Å². The first kappa shape index (κ1) is 22.4. The van der Waals surface area contributed by atoms with Gasteiger partial charge in [-0.2, -0.15) is 13.2 Å². The Morgan fingerprint density at radius 1 is 1.17 bits per heavy atom. The van der Waals surface area contributed by atoms with E-state index in [1.807, 2.05) is 13.8 Å². The van der Waals surface area contributed by atoms with Crippen LogP contribution in [-0.2, 0) is 6.42 Å². The van der Waals surface area contributed by atoms with Crippen LogP contribution in [0.1, 0.15) is 34.8 Å². The lowest BCUT2D eigenvalue weighted by atomic mass is 10.2. The molecule has 0 aliphatic rings. The van der Waals surface area contributed by atoms with Crippen LogP contribution in [-0.4, -0.2) is 37.3 Å². The van der Waals surface area contributed by atoms with Crippen LogP contribution in [0.3, 0.4) is 0 Å². The van der Waals surface area contributed by atoms with E-state index in [9.17, 15) is 13.2 Å². The fourth-order valence-corrected chi connectivity index (χ4v) is 2.75. The second kappa shape index (κ2) is 11.1. The van der Waals surface area contributed by atoms with Crippen molar-refractivity contribution < 1.29 is 13.2 Å². The molecule has 1 rings (SSSR count). The maximum absolute atomic E-state index is 12.0. The summed E-state index contributed by atoms with van der Waals surface area (Å²) in [7, 11) is 1.64. The molecule has 0 aliphatic carbocycles. The molecule has 0 fully saturated rings. The third-order valence-corrected chi connectivity index (χ3v) is 4.24. The van der Waals surface area contributed by atoms with Gasteiger partial charge in [0.15, 0.2) is 5.96 Å². The zero-order valence-corrected chi connectivity index (χ0v) is 16.7. The normalized spacial score (nSPS) is 12.0. The van der Waals surface area contributed by atoms with Crippen molar-refractivity contribution in [3.05, 3.63) is 15.6 Å². The van der Waals surface area contributed by atoms with E-state index in [2.05, 4.69) is 20.6 Å². The van der Waals surface area contributed by atoms with E-state index in [0.29, 0.717) is 25.5 Å². The summed E-state index contributed by atoms with van der Waals surface area (Å²) in [6, 6.07) is 0. The second-order valence-corrected chi connectivity index (χ2v) is 6.28. The Morgan fingerprint density at radius 3 is 2.35 bits per heavy atom. The number of rotatable bonds is 7. The molecule has 1 aromatic rings. The van der Waals surface area contributed by atoms with Gasteiger partial charge in [-0.05, 0) is 26.7 Å². The first-order valence-electron chi connectivity index (χ1n) is 7.26. The van der Waals surface area contributed by atoms with Crippen molar-refractivity contribution in [3.63, 3.8) is 0 Å². The van der Waals surface area contributed by atoms with Gasteiger partial charge in [-0.3, -0.25) is 4.99 Å². The van der Waals surface area contributed by atoms with E-state index < -0.39 is 12.6 Å². The van der Waals surface area contributed by atoms with Gasteiger partial charge in [-0.1, -0.05) is 0 Å². The number of hydrogen-bond donors (Lipinski definition) is 2. The van der Waals surface area contributed by atoms with Crippen LogP contribution in [0.4, 0.5) is 13.2 Å². The topological polar surface area (TPSA) is 49.3 Å². The van der Waals surface area contributed by atoms with Crippen LogP contribution in [0.25, 0.3) is 0 Å². The van der Waals surface area contributed by atoms with Crippen LogP contribution >= 0.6 is 35.3 Å². The number of aliphatic imine (C=N–C) groups is 1. The van der Waals surface area contributed by atoms with Crippen molar-refractivity contribution in [3.8, 4) is 0 Å². The highest BCUT2D eigenvalue weighted by Gasteiger charge is 2.25. The number of aryl methyl sites for hydroxylation is 2. The summed E-state index contributed by atoms with van der Waals surface area (Å²) in [5.74, 6) is 0.608. The molecular weight excluding hydrogens is 440 g/mol. The van der Waals surface area contributed by atoms with Gasteiger partial charge in [-0.25, -0.2) is 4.98 Å². The monoisotopic (exact) mass is 464 g/mol. The predicted molar refractivity (Wildman–Crippen MR) is 100.0 cm³/mol. The highest BCUT2D eigenvalue weighted by atomic mass is 127. The number of hydrogen-bond acceptors (Lipinski definition) is 3. The van der Waals surface area contributed by atoms with Gasteiger partial charge in [0.05, 0.1) is 10.7 Å². The van der Waals surface area contributed by atoms with E-state index in [1.165, 1.54) is 4.88 Å². The Hall–Kier alpha value is -0.580. The molecule has 0 aromatic carbocycles. The molecule has 0 unspecified atom stereocenters. The Morgan fingerprint density at radius 2 is 1.83 bits per heavy atom. The summed E-state index contributed by atoms with van der Waals surface area (Å²) >= 11 is 1.68. The third kappa shape index (κ3) is 10.0. The Balaban J connectivity index is 0.00000484. The summed E-state index contributed by atoms with van der Waals surface area (Å²) < 4.78 is 36.0. The first-order chi connectivity index (χ1) is 10.3. The van der Waals surface area contributed by atoms with Gasteiger partial charge < -0.3 is 10.6 Å². The van der Waals surface area contributed by atoms with Crippen LogP contribution in [0.2, 0.25) is 0 Å². The number of nitrogens with zero attached hydrogens (tertiary/aromatic N) is 2. The molecule has 1 heterocycles. The standard InChI is InChI=1S/C14H23F3N4S.HI/c1-10-11(2)22-12(21-10)6-9-20-13(18-3)19-8-5-4-7-14(15,16)17;/h4-9H2,1-3H3,(H2,18,19,20);1H. The molecular formula is C14H24F3IN4S. The van der Waals surface area contributed by atoms with E-state index in [4.69, 9.17) is 0 Å². The summed E-state index contributed by atoms with van der Waals surface area (Å²) in [4.78, 5) is 9.72. The zero-order chi connectivity index (χ0) is 16.6. The molecule has 23 heavy (non-hydrogen) atoms. The van der Waals surface area contributed by atoms with Gasteiger partial charge in [0.1, 0.15) is 0 Å². The maximum atomic E-state index is 12.0. The second-order valence-electron chi connectivity index (χ2n) is 5.00. The van der Waals surface area contributed by atoms with Crippen LogP contribution in [0.15, 0.2) is 4.99 Å². The average molecular weight is 464 g/mol. The summed E-state index contributed by atoms with van der Waals surface area (Å²) in [5.41, 5.74) is 1.06. The number of alkyl halides is 3. The van der Waals surface area contributed by atoms with E-state index in [0.717, 1.165) is 17.1 Å². The average Bonchev–Trinajstić information content (AvgIpc) is 2.74. The first-order valence-corrected chi connectivity index (χ1v) is 8.07.